The topological polar surface area (TPSA) is 35.5 Å². The average molecular weight is 304 g/mol. The summed E-state index contributed by atoms with van der Waals surface area (Å²) in [4.78, 5) is 13.0. The Bertz CT molecular complexity index is 553. The first-order valence-corrected chi connectivity index (χ1v) is 8.47. The third kappa shape index (κ3) is 3.26. The zero-order chi connectivity index (χ0) is 14.7. The third-order valence-corrected chi connectivity index (χ3v) is 5.34. The van der Waals surface area contributed by atoms with E-state index in [1.54, 1.807) is 0 Å². The lowest BCUT2D eigenvalue weighted by molar-refractivity contribution is -0.137. The number of ether oxygens (including phenoxy) is 2. The molecule has 1 aliphatic carbocycles. The first-order valence-electron chi connectivity index (χ1n) is 7.59. The molecular formula is C17H20O3S. The molecule has 3 rings (SSSR count). The predicted octanol–water partition coefficient (Wildman–Crippen LogP) is 4.02. The number of hydrogen-bond donors (Lipinski definition) is 0. The van der Waals surface area contributed by atoms with E-state index in [-0.39, 0.29) is 12.1 Å². The number of thioether (sulfide) groups is 1. The SMILES string of the molecule is CCOC(=O)/C=C1\O[C@H]2CCCC[C@@H]2Sc2ccccc21. The van der Waals surface area contributed by atoms with Crippen molar-refractivity contribution in [3.63, 3.8) is 0 Å². The van der Waals surface area contributed by atoms with E-state index in [4.69, 9.17) is 9.47 Å². The van der Waals surface area contributed by atoms with E-state index >= 15 is 0 Å². The van der Waals surface area contributed by atoms with Crippen LogP contribution in [0.3, 0.4) is 0 Å². The zero-order valence-electron chi connectivity index (χ0n) is 12.2. The molecule has 2 aliphatic rings. The van der Waals surface area contributed by atoms with Crippen LogP contribution in [-0.2, 0) is 14.3 Å². The third-order valence-electron chi connectivity index (χ3n) is 3.89. The van der Waals surface area contributed by atoms with Crippen LogP contribution < -0.4 is 0 Å². The largest absolute Gasteiger partial charge is 0.488 e. The van der Waals surface area contributed by atoms with Crippen LogP contribution >= 0.6 is 11.8 Å². The van der Waals surface area contributed by atoms with E-state index in [1.165, 1.54) is 30.2 Å². The van der Waals surface area contributed by atoms with E-state index < -0.39 is 0 Å². The second-order valence-corrected chi connectivity index (χ2v) is 6.63. The Hall–Kier alpha value is -1.42. The van der Waals surface area contributed by atoms with Crippen molar-refractivity contribution in [2.75, 3.05) is 6.61 Å². The second-order valence-electron chi connectivity index (χ2n) is 5.35. The standard InChI is InChI=1S/C17H20O3S/c1-2-19-17(18)11-14-12-7-3-5-9-15(12)21-16-10-6-4-8-13(16)20-14/h3,5,7,9,11,13,16H,2,4,6,8,10H2,1H3/b14-11-/t13-,16-/m0/s1. The van der Waals surface area contributed by atoms with Crippen LogP contribution in [0.5, 0.6) is 0 Å². The second kappa shape index (κ2) is 6.56. The van der Waals surface area contributed by atoms with Crippen molar-refractivity contribution in [3.05, 3.63) is 35.9 Å². The normalized spacial score (nSPS) is 26.2. The minimum absolute atomic E-state index is 0.192. The molecule has 0 aromatic heterocycles. The number of carbonyl (C=O) groups excluding carboxylic acids is 1. The van der Waals surface area contributed by atoms with Crippen molar-refractivity contribution in [1.29, 1.82) is 0 Å². The maximum atomic E-state index is 11.8. The number of fused-ring (bicyclic) bond motifs is 2. The molecule has 3 nitrogen and oxygen atoms in total. The lowest BCUT2D eigenvalue weighted by Crippen LogP contribution is -2.28. The fourth-order valence-corrected chi connectivity index (χ4v) is 4.30. The van der Waals surface area contributed by atoms with Gasteiger partial charge < -0.3 is 9.47 Å². The van der Waals surface area contributed by atoms with Crippen molar-refractivity contribution < 1.29 is 14.3 Å². The summed E-state index contributed by atoms with van der Waals surface area (Å²) in [5.74, 6) is 0.326. The molecule has 112 valence electrons. The molecule has 1 aromatic carbocycles. The van der Waals surface area contributed by atoms with E-state index in [9.17, 15) is 4.79 Å². The summed E-state index contributed by atoms with van der Waals surface area (Å²) in [6, 6.07) is 8.15. The highest BCUT2D eigenvalue weighted by Crippen LogP contribution is 2.43. The van der Waals surface area contributed by atoms with Crippen molar-refractivity contribution >= 4 is 23.5 Å². The minimum Gasteiger partial charge on any atom is -0.488 e. The summed E-state index contributed by atoms with van der Waals surface area (Å²) in [6.07, 6.45) is 6.39. The Labute approximate surface area is 129 Å². The van der Waals surface area contributed by atoms with Gasteiger partial charge in [0.05, 0.1) is 12.7 Å². The summed E-state index contributed by atoms with van der Waals surface area (Å²) in [6.45, 7) is 2.19. The lowest BCUT2D eigenvalue weighted by atomic mass is 9.97. The molecule has 0 amide bonds. The molecule has 1 saturated carbocycles. The van der Waals surface area contributed by atoms with Gasteiger partial charge in [0.1, 0.15) is 11.9 Å². The Balaban J connectivity index is 1.96. The van der Waals surface area contributed by atoms with E-state index in [0.717, 1.165) is 12.0 Å². The number of hydrogen-bond acceptors (Lipinski definition) is 4. The van der Waals surface area contributed by atoms with Crippen LogP contribution in [0.25, 0.3) is 5.76 Å². The van der Waals surface area contributed by atoms with Crippen molar-refractivity contribution in [3.8, 4) is 0 Å². The van der Waals surface area contributed by atoms with Gasteiger partial charge in [0, 0.05) is 15.7 Å². The van der Waals surface area contributed by atoms with Gasteiger partial charge in [-0.3, -0.25) is 0 Å². The smallest absolute Gasteiger partial charge is 0.334 e. The minimum atomic E-state index is -0.332. The highest BCUT2D eigenvalue weighted by atomic mass is 32.2. The monoisotopic (exact) mass is 304 g/mol. The summed E-state index contributed by atoms with van der Waals surface area (Å²) in [5.41, 5.74) is 1.00. The van der Waals surface area contributed by atoms with Gasteiger partial charge in [-0.15, -0.1) is 11.8 Å². The van der Waals surface area contributed by atoms with Crippen molar-refractivity contribution in [2.24, 2.45) is 0 Å². The fourth-order valence-electron chi connectivity index (χ4n) is 2.90. The number of benzene rings is 1. The summed E-state index contributed by atoms with van der Waals surface area (Å²) in [5, 5.41) is 0.480. The molecule has 21 heavy (non-hydrogen) atoms. The number of esters is 1. The van der Waals surface area contributed by atoms with Crippen LogP contribution in [-0.4, -0.2) is 23.9 Å². The molecule has 0 unspecified atom stereocenters. The van der Waals surface area contributed by atoms with E-state index in [2.05, 4.69) is 6.07 Å². The van der Waals surface area contributed by atoms with Gasteiger partial charge in [-0.05, 0) is 32.3 Å². The molecule has 0 spiro atoms. The molecule has 0 saturated heterocycles. The maximum absolute atomic E-state index is 11.8. The molecule has 1 heterocycles. The fraction of sp³-hybridized carbons (Fsp3) is 0.471. The summed E-state index contributed by atoms with van der Waals surface area (Å²) < 4.78 is 11.2. The molecule has 0 radical (unpaired) electrons. The Morgan fingerprint density at radius 3 is 3.05 bits per heavy atom. The quantitative estimate of drug-likeness (QED) is 0.610. The van der Waals surface area contributed by atoms with E-state index in [0.29, 0.717) is 17.6 Å². The van der Waals surface area contributed by atoms with Crippen molar-refractivity contribution in [2.45, 2.75) is 48.9 Å². The van der Waals surface area contributed by atoms with Gasteiger partial charge in [-0.1, -0.05) is 24.6 Å². The average Bonchev–Trinajstić information content (AvgIpc) is 2.64. The Kier molecular flexibility index (Phi) is 4.54. The van der Waals surface area contributed by atoms with Gasteiger partial charge >= 0.3 is 5.97 Å². The molecule has 1 aliphatic heterocycles. The molecule has 0 N–H and O–H groups in total. The first-order chi connectivity index (χ1) is 10.3. The van der Waals surface area contributed by atoms with Crippen LogP contribution in [0.2, 0.25) is 0 Å². The lowest BCUT2D eigenvalue weighted by Gasteiger charge is -2.29. The van der Waals surface area contributed by atoms with Crippen molar-refractivity contribution in [1.82, 2.24) is 0 Å². The van der Waals surface area contributed by atoms with Gasteiger partial charge in [0.25, 0.3) is 0 Å². The molecule has 1 fully saturated rings. The Morgan fingerprint density at radius 1 is 1.38 bits per heavy atom. The molecule has 4 heteroatoms. The summed E-state index contributed by atoms with van der Waals surface area (Å²) in [7, 11) is 0. The van der Waals surface area contributed by atoms with Crippen LogP contribution in [0, 0.1) is 0 Å². The van der Waals surface area contributed by atoms with Gasteiger partial charge in [-0.25, -0.2) is 4.79 Å². The van der Waals surface area contributed by atoms with E-state index in [1.807, 2.05) is 36.9 Å². The molecule has 0 bridgehead atoms. The van der Waals surface area contributed by atoms with Crippen LogP contribution in [0.15, 0.2) is 35.2 Å². The highest BCUT2D eigenvalue weighted by Gasteiger charge is 2.32. The van der Waals surface area contributed by atoms with Gasteiger partial charge in [0.2, 0.25) is 0 Å². The molecular weight excluding hydrogens is 284 g/mol. The Morgan fingerprint density at radius 2 is 2.19 bits per heavy atom. The summed E-state index contributed by atoms with van der Waals surface area (Å²) >= 11 is 1.89. The molecule has 1 aromatic rings. The van der Waals surface area contributed by atoms with Crippen LogP contribution in [0.4, 0.5) is 0 Å². The number of rotatable bonds is 2. The first kappa shape index (κ1) is 14.5. The van der Waals surface area contributed by atoms with Crippen LogP contribution in [0.1, 0.15) is 38.2 Å². The maximum Gasteiger partial charge on any atom is 0.334 e. The zero-order valence-corrected chi connectivity index (χ0v) is 13.0. The highest BCUT2D eigenvalue weighted by molar-refractivity contribution is 8.00. The van der Waals surface area contributed by atoms with Gasteiger partial charge in [0.15, 0.2) is 0 Å². The predicted molar refractivity (Wildman–Crippen MR) is 84.0 cm³/mol. The number of carbonyl (C=O) groups is 1. The molecule has 2 atom stereocenters. The van der Waals surface area contributed by atoms with Gasteiger partial charge in [-0.2, -0.15) is 0 Å².